The molecule has 1 amide bonds. The average Bonchev–Trinajstić information content (AvgIpc) is 2.47. The van der Waals surface area contributed by atoms with Crippen molar-refractivity contribution in [1.82, 2.24) is 15.6 Å². The zero-order valence-electron chi connectivity index (χ0n) is 11.4. The second-order valence-corrected chi connectivity index (χ2v) is 4.87. The van der Waals surface area contributed by atoms with Gasteiger partial charge in [0.15, 0.2) is 0 Å². The predicted molar refractivity (Wildman–Crippen MR) is 76.2 cm³/mol. The molecule has 0 bridgehead atoms. The molecule has 0 saturated carbocycles. The number of nitrogens with zero attached hydrogens (tertiary/aromatic N) is 2. The molecule has 0 unspecified atom stereocenters. The van der Waals surface area contributed by atoms with E-state index >= 15 is 0 Å². The van der Waals surface area contributed by atoms with Crippen molar-refractivity contribution < 1.29 is 4.79 Å². The molecule has 0 aromatic carbocycles. The van der Waals surface area contributed by atoms with E-state index in [2.05, 4.69) is 20.5 Å². The number of carbonyl (C=O) groups is 1. The Labute approximate surface area is 114 Å². The van der Waals surface area contributed by atoms with Crippen LogP contribution in [-0.2, 0) is 4.79 Å². The topological polar surface area (TPSA) is 57.3 Å². The molecule has 19 heavy (non-hydrogen) atoms. The lowest BCUT2D eigenvalue weighted by molar-refractivity contribution is -0.121. The van der Waals surface area contributed by atoms with Crippen LogP contribution in [0.5, 0.6) is 0 Å². The van der Waals surface area contributed by atoms with Crippen LogP contribution in [0.25, 0.3) is 0 Å². The number of piperidine rings is 1. The fraction of sp³-hybridized carbons (Fsp3) is 0.571. The molecular weight excluding hydrogens is 240 g/mol. The maximum Gasteiger partial charge on any atom is 0.221 e. The average molecular weight is 262 g/mol. The van der Waals surface area contributed by atoms with Gasteiger partial charge in [0.1, 0.15) is 5.82 Å². The first kappa shape index (κ1) is 13.8. The molecule has 1 fully saturated rings. The first-order valence-electron chi connectivity index (χ1n) is 6.89. The summed E-state index contributed by atoms with van der Waals surface area (Å²) in [6.07, 6.45) is 4.35. The van der Waals surface area contributed by atoms with E-state index in [1.165, 1.54) is 0 Å². The van der Waals surface area contributed by atoms with E-state index in [0.29, 0.717) is 12.5 Å². The molecular formula is C14H22N4O. The summed E-state index contributed by atoms with van der Waals surface area (Å²) in [5.74, 6) is 1.17. The highest BCUT2D eigenvalue weighted by molar-refractivity contribution is 5.76. The van der Waals surface area contributed by atoms with Gasteiger partial charge in [0.2, 0.25) is 5.91 Å². The summed E-state index contributed by atoms with van der Waals surface area (Å²) >= 11 is 0. The molecule has 0 aliphatic carbocycles. The molecule has 1 saturated heterocycles. The number of aromatic nitrogens is 1. The Morgan fingerprint density at radius 2 is 2.21 bits per heavy atom. The lowest BCUT2D eigenvalue weighted by Gasteiger charge is -2.33. The predicted octanol–water partition coefficient (Wildman–Crippen LogP) is 0.776. The van der Waals surface area contributed by atoms with E-state index in [1.54, 1.807) is 0 Å². The fourth-order valence-corrected chi connectivity index (χ4v) is 2.33. The van der Waals surface area contributed by atoms with Crippen molar-refractivity contribution in [2.75, 3.05) is 31.6 Å². The van der Waals surface area contributed by atoms with Gasteiger partial charge in [-0.25, -0.2) is 4.98 Å². The van der Waals surface area contributed by atoms with Gasteiger partial charge in [-0.15, -0.1) is 0 Å². The first-order chi connectivity index (χ1) is 9.29. The maximum atomic E-state index is 11.6. The van der Waals surface area contributed by atoms with Crippen LogP contribution in [0, 0.1) is 0 Å². The molecule has 1 aliphatic heterocycles. The van der Waals surface area contributed by atoms with Crippen molar-refractivity contribution in [3.05, 3.63) is 24.4 Å². The van der Waals surface area contributed by atoms with E-state index < -0.39 is 0 Å². The number of hydrogen-bond donors (Lipinski definition) is 2. The summed E-state index contributed by atoms with van der Waals surface area (Å²) in [5, 5.41) is 6.09. The number of amides is 1. The summed E-state index contributed by atoms with van der Waals surface area (Å²) in [4.78, 5) is 18.3. The van der Waals surface area contributed by atoms with Crippen LogP contribution in [0.15, 0.2) is 24.4 Å². The Morgan fingerprint density at radius 3 is 2.84 bits per heavy atom. The van der Waals surface area contributed by atoms with Crippen molar-refractivity contribution in [2.24, 2.45) is 0 Å². The van der Waals surface area contributed by atoms with Crippen LogP contribution in [-0.4, -0.2) is 43.6 Å². The molecule has 5 nitrogen and oxygen atoms in total. The second-order valence-electron chi connectivity index (χ2n) is 4.87. The van der Waals surface area contributed by atoms with Crippen LogP contribution in [0.3, 0.4) is 0 Å². The highest BCUT2D eigenvalue weighted by atomic mass is 16.1. The lowest BCUT2D eigenvalue weighted by Crippen LogP contribution is -2.45. The quantitative estimate of drug-likeness (QED) is 0.823. The zero-order chi connectivity index (χ0) is 13.5. The number of pyridine rings is 1. The normalized spacial score (nSPS) is 16.4. The molecule has 0 atom stereocenters. The molecule has 2 rings (SSSR count). The Morgan fingerprint density at radius 1 is 1.42 bits per heavy atom. The summed E-state index contributed by atoms with van der Waals surface area (Å²) < 4.78 is 0. The van der Waals surface area contributed by atoms with Gasteiger partial charge in [0, 0.05) is 38.3 Å². The molecule has 5 heteroatoms. The van der Waals surface area contributed by atoms with E-state index in [0.717, 1.165) is 38.3 Å². The minimum atomic E-state index is 0.144. The summed E-state index contributed by atoms with van der Waals surface area (Å²) in [6.45, 7) is 2.64. The van der Waals surface area contributed by atoms with Gasteiger partial charge in [-0.2, -0.15) is 0 Å². The van der Waals surface area contributed by atoms with Gasteiger partial charge in [0.05, 0.1) is 0 Å². The smallest absolute Gasteiger partial charge is 0.221 e. The van der Waals surface area contributed by atoms with E-state index in [4.69, 9.17) is 0 Å². The van der Waals surface area contributed by atoms with E-state index in [9.17, 15) is 4.79 Å². The van der Waals surface area contributed by atoms with Crippen LogP contribution in [0.1, 0.15) is 19.3 Å². The van der Waals surface area contributed by atoms with Crippen molar-refractivity contribution in [2.45, 2.75) is 25.3 Å². The maximum absolute atomic E-state index is 11.6. The highest BCUT2D eigenvalue weighted by Crippen LogP contribution is 2.17. The largest absolute Gasteiger partial charge is 0.356 e. The van der Waals surface area contributed by atoms with Crippen molar-refractivity contribution in [3.8, 4) is 0 Å². The van der Waals surface area contributed by atoms with Gasteiger partial charge in [0.25, 0.3) is 0 Å². The summed E-state index contributed by atoms with van der Waals surface area (Å²) in [7, 11) is 1.86. The van der Waals surface area contributed by atoms with Crippen molar-refractivity contribution in [1.29, 1.82) is 0 Å². The lowest BCUT2D eigenvalue weighted by atomic mass is 10.0. The second kappa shape index (κ2) is 7.09. The molecule has 0 spiro atoms. The SMILES string of the molecule is CNCCC(=O)NC1CCN(c2ccccn2)CC1. The number of anilines is 1. The minimum Gasteiger partial charge on any atom is -0.356 e. The number of nitrogens with one attached hydrogen (secondary N) is 2. The third-order valence-corrected chi connectivity index (χ3v) is 3.44. The molecule has 2 heterocycles. The Balaban J connectivity index is 1.75. The summed E-state index contributed by atoms with van der Waals surface area (Å²) in [6, 6.07) is 6.28. The van der Waals surface area contributed by atoms with Crippen molar-refractivity contribution in [3.63, 3.8) is 0 Å². The van der Waals surface area contributed by atoms with E-state index in [1.807, 2.05) is 31.4 Å². The monoisotopic (exact) mass is 262 g/mol. The molecule has 1 aliphatic rings. The molecule has 1 aromatic heterocycles. The van der Waals surface area contributed by atoms with Gasteiger partial charge < -0.3 is 15.5 Å². The number of hydrogen-bond acceptors (Lipinski definition) is 4. The first-order valence-corrected chi connectivity index (χ1v) is 6.89. The summed E-state index contributed by atoms with van der Waals surface area (Å²) in [5.41, 5.74) is 0. The Hall–Kier alpha value is -1.62. The van der Waals surface area contributed by atoms with E-state index in [-0.39, 0.29) is 5.91 Å². The van der Waals surface area contributed by atoms with Gasteiger partial charge in [-0.05, 0) is 32.0 Å². The number of carbonyl (C=O) groups excluding carboxylic acids is 1. The molecule has 0 radical (unpaired) electrons. The molecule has 104 valence electrons. The van der Waals surface area contributed by atoms with Gasteiger partial charge >= 0.3 is 0 Å². The zero-order valence-corrected chi connectivity index (χ0v) is 11.4. The van der Waals surface area contributed by atoms with Gasteiger partial charge in [-0.3, -0.25) is 4.79 Å². The third kappa shape index (κ3) is 4.21. The van der Waals surface area contributed by atoms with Gasteiger partial charge in [-0.1, -0.05) is 6.07 Å². The standard InChI is InChI=1S/C14H22N4O/c1-15-9-5-14(19)17-12-6-10-18(11-7-12)13-4-2-3-8-16-13/h2-4,8,12,15H,5-7,9-11H2,1H3,(H,17,19). The fourth-order valence-electron chi connectivity index (χ4n) is 2.33. The van der Waals surface area contributed by atoms with Crippen LogP contribution < -0.4 is 15.5 Å². The molecule has 1 aromatic rings. The van der Waals surface area contributed by atoms with Crippen LogP contribution in [0.4, 0.5) is 5.82 Å². The Bertz CT molecular complexity index is 388. The molecule has 2 N–H and O–H groups in total. The number of rotatable bonds is 5. The highest BCUT2D eigenvalue weighted by Gasteiger charge is 2.20. The van der Waals surface area contributed by atoms with Crippen LogP contribution >= 0.6 is 0 Å². The minimum absolute atomic E-state index is 0.144. The Kier molecular flexibility index (Phi) is 5.15. The van der Waals surface area contributed by atoms with Crippen molar-refractivity contribution >= 4 is 11.7 Å². The third-order valence-electron chi connectivity index (χ3n) is 3.44. The van der Waals surface area contributed by atoms with Crippen LogP contribution in [0.2, 0.25) is 0 Å².